The Hall–Kier alpha value is -0.610. The average molecular weight is 487 g/mol. The fourth-order valence-corrected chi connectivity index (χ4v) is 4.29. The van der Waals surface area contributed by atoms with Crippen LogP contribution in [0.5, 0.6) is 0 Å². The minimum absolute atomic E-state index is 0.345. The predicted octanol–water partition coefficient (Wildman–Crippen LogP) is 9.20. The van der Waals surface area contributed by atoms with Crippen molar-refractivity contribution in [3.8, 4) is 0 Å². The van der Waals surface area contributed by atoms with Crippen LogP contribution < -0.4 is 0 Å². The highest BCUT2D eigenvalue weighted by molar-refractivity contribution is 5.66. The summed E-state index contributed by atoms with van der Waals surface area (Å²) in [6.45, 7) is 2.97. The highest BCUT2D eigenvalue weighted by Crippen LogP contribution is 2.14. The molecule has 0 aliphatic carbocycles. The van der Waals surface area contributed by atoms with Crippen molar-refractivity contribution in [2.45, 2.75) is 174 Å². The van der Waals surface area contributed by atoms with Crippen molar-refractivity contribution in [2.75, 3.05) is 13.2 Å². The van der Waals surface area contributed by atoms with E-state index in [2.05, 4.69) is 6.92 Å². The van der Waals surface area contributed by atoms with Crippen LogP contribution >= 0.6 is 0 Å². The van der Waals surface area contributed by atoms with E-state index in [0.717, 1.165) is 25.7 Å². The maximum Gasteiger partial charge on any atom is 0.303 e. The van der Waals surface area contributed by atoms with Gasteiger partial charge in [-0.15, -0.1) is 0 Å². The third-order valence-electron chi connectivity index (χ3n) is 6.56. The Kier molecular flexibility index (Phi) is 36.1. The lowest BCUT2D eigenvalue weighted by Gasteiger charge is -2.03. The second-order valence-electron chi connectivity index (χ2n) is 10.1. The van der Waals surface area contributed by atoms with Crippen LogP contribution in [0.1, 0.15) is 174 Å². The highest BCUT2D eigenvalue weighted by atomic mass is 16.4. The molecule has 0 radical (unpaired) electrons. The largest absolute Gasteiger partial charge is 0.481 e. The molecule has 0 saturated carbocycles. The van der Waals surface area contributed by atoms with E-state index >= 15 is 0 Å². The molecule has 0 aromatic rings. The maximum absolute atomic E-state index is 10.3. The van der Waals surface area contributed by atoms with Crippen LogP contribution in [0, 0.1) is 0 Å². The van der Waals surface area contributed by atoms with Gasteiger partial charge in [0.25, 0.3) is 0 Å². The molecule has 4 heteroatoms. The third-order valence-corrected chi connectivity index (χ3v) is 6.56. The van der Waals surface area contributed by atoms with Gasteiger partial charge in [0.05, 0.1) is 0 Å². The lowest BCUT2D eigenvalue weighted by atomic mass is 10.0. The van der Waals surface area contributed by atoms with E-state index in [1.54, 1.807) is 0 Å². The molecule has 0 heterocycles. The number of hydrogen-bond acceptors (Lipinski definition) is 3. The van der Waals surface area contributed by atoms with E-state index in [9.17, 15) is 4.79 Å². The van der Waals surface area contributed by atoms with Gasteiger partial charge in [-0.3, -0.25) is 4.79 Å². The second kappa shape index (κ2) is 34.6. The summed E-state index contributed by atoms with van der Waals surface area (Å²) in [7, 11) is 0. The molecule has 0 bridgehead atoms. The quantitative estimate of drug-likeness (QED) is 0.101. The Balaban J connectivity index is 0. The van der Waals surface area contributed by atoms with Crippen LogP contribution in [0.2, 0.25) is 0 Å². The molecule has 0 fully saturated rings. The first-order chi connectivity index (χ1) is 16.7. The normalized spacial score (nSPS) is 10.8. The molecule has 0 saturated heterocycles. The molecule has 0 atom stereocenters. The number of aliphatic carboxylic acids is 1. The lowest BCUT2D eigenvalue weighted by Crippen LogP contribution is -1.93. The van der Waals surface area contributed by atoms with Crippen LogP contribution in [0.25, 0.3) is 0 Å². The summed E-state index contributed by atoms with van der Waals surface area (Å²) in [6, 6.07) is 0. The molecule has 0 rings (SSSR count). The van der Waals surface area contributed by atoms with Crippen LogP contribution in [-0.2, 0) is 4.79 Å². The Morgan fingerprint density at radius 3 is 0.882 bits per heavy atom. The zero-order chi connectivity index (χ0) is 25.4. The van der Waals surface area contributed by atoms with Gasteiger partial charge >= 0.3 is 5.97 Å². The molecular formula is C30H62O4. The average Bonchev–Trinajstić information content (AvgIpc) is 2.83. The minimum Gasteiger partial charge on any atom is -0.481 e. The summed E-state index contributed by atoms with van der Waals surface area (Å²) in [6.07, 6.45) is 32.4. The van der Waals surface area contributed by atoms with Gasteiger partial charge in [0.2, 0.25) is 0 Å². The number of carboxylic acids is 1. The van der Waals surface area contributed by atoms with Gasteiger partial charge < -0.3 is 15.3 Å². The standard InChI is InChI=1S/C18H36O2.C12H26O2/c1-2-3-4-5-6-7-8-9-10-11-12-13-14-15-16-17-18(19)20;13-11-9-7-5-3-1-2-4-6-8-10-12-14/h2-17H2,1H3,(H,19,20);13-14H,1-12H2. The fraction of sp³-hybridized carbons (Fsp3) is 0.967. The zero-order valence-electron chi connectivity index (χ0n) is 23.0. The number of rotatable bonds is 27. The first-order valence-electron chi connectivity index (χ1n) is 15.1. The molecule has 3 N–H and O–H groups in total. The third kappa shape index (κ3) is 38.6. The molecule has 0 spiro atoms. The SMILES string of the molecule is CCCCCCCCCCCCCCCCCC(=O)O.OCCCCCCCCCCCCO. The summed E-state index contributed by atoms with van der Waals surface area (Å²) < 4.78 is 0. The van der Waals surface area contributed by atoms with Crippen molar-refractivity contribution in [1.29, 1.82) is 0 Å². The number of carboxylic acid groups (broad SMARTS) is 1. The monoisotopic (exact) mass is 486 g/mol. The molecule has 0 aliphatic rings. The smallest absolute Gasteiger partial charge is 0.303 e. The van der Waals surface area contributed by atoms with E-state index in [-0.39, 0.29) is 0 Å². The van der Waals surface area contributed by atoms with Crippen LogP contribution in [0.4, 0.5) is 0 Å². The van der Waals surface area contributed by atoms with Crippen LogP contribution in [0.3, 0.4) is 0 Å². The summed E-state index contributed by atoms with van der Waals surface area (Å²) in [5, 5.41) is 25.7. The summed E-state index contributed by atoms with van der Waals surface area (Å²) in [4.78, 5) is 10.3. The van der Waals surface area contributed by atoms with E-state index in [1.165, 1.54) is 135 Å². The van der Waals surface area contributed by atoms with Gasteiger partial charge in [-0.25, -0.2) is 0 Å². The minimum atomic E-state index is -0.653. The molecule has 0 aromatic carbocycles. The summed E-state index contributed by atoms with van der Waals surface area (Å²) >= 11 is 0. The van der Waals surface area contributed by atoms with Crippen molar-refractivity contribution in [2.24, 2.45) is 0 Å². The highest BCUT2D eigenvalue weighted by Gasteiger charge is 1.97. The fourth-order valence-electron chi connectivity index (χ4n) is 4.29. The van der Waals surface area contributed by atoms with E-state index in [0.29, 0.717) is 19.6 Å². The number of unbranched alkanes of at least 4 members (excludes halogenated alkanes) is 23. The van der Waals surface area contributed by atoms with Gasteiger partial charge in [0.15, 0.2) is 0 Å². The summed E-state index contributed by atoms with van der Waals surface area (Å²) in [5.74, 6) is -0.653. The Labute approximate surface area is 213 Å². The van der Waals surface area contributed by atoms with Gasteiger partial charge in [-0.05, 0) is 19.3 Å². The van der Waals surface area contributed by atoms with Gasteiger partial charge in [-0.2, -0.15) is 0 Å². The first-order valence-corrected chi connectivity index (χ1v) is 15.1. The number of carbonyl (C=O) groups is 1. The zero-order valence-corrected chi connectivity index (χ0v) is 23.0. The molecule has 0 aromatic heterocycles. The molecule has 206 valence electrons. The molecule has 0 unspecified atom stereocenters. The van der Waals surface area contributed by atoms with Gasteiger partial charge in [-0.1, -0.05) is 148 Å². The van der Waals surface area contributed by atoms with E-state index in [1.807, 2.05) is 0 Å². The van der Waals surface area contributed by atoms with E-state index in [4.69, 9.17) is 15.3 Å². The van der Waals surface area contributed by atoms with Crippen molar-refractivity contribution in [1.82, 2.24) is 0 Å². The topological polar surface area (TPSA) is 77.8 Å². The Morgan fingerprint density at radius 2 is 0.647 bits per heavy atom. The summed E-state index contributed by atoms with van der Waals surface area (Å²) in [5.41, 5.74) is 0. The molecule has 4 nitrogen and oxygen atoms in total. The van der Waals surface area contributed by atoms with Crippen molar-refractivity contribution < 1.29 is 20.1 Å². The van der Waals surface area contributed by atoms with Crippen molar-refractivity contribution in [3.05, 3.63) is 0 Å². The van der Waals surface area contributed by atoms with Gasteiger partial charge in [0, 0.05) is 19.6 Å². The first kappa shape index (κ1) is 35.6. The molecule has 0 aliphatic heterocycles. The van der Waals surface area contributed by atoms with Crippen LogP contribution in [-0.4, -0.2) is 34.5 Å². The molecule has 0 amide bonds. The second-order valence-corrected chi connectivity index (χ2v) is 10.1. The van der Waals surface area contributed by atoms with Crippen molar-refractivity contribution in [3.63, 3.8) is 0 Å². The lowest BCUT2D eigenvalue weighted by molar-refractivity contribution is -0.137. The number of aliphatic hydroxyl groups is 2. The molecular weight excluding hydrogens is 424 g/mol. The molecule has 34 heavy (non-hydrogen) atoms. The van der Waals surface area contributed by atoms with Crippen LogP contribution in [0.15, 0.2) is 0 Å². The Morgan fingerprint density at radius 1 is 0.412 bits per heavy atom. The maximum atomic E-state index is 10.3. The number of hydrogen-bond donors (Lipinski definition) is 3. The predicted molar refractivity (Wildman–Crippen MR) is 148 cm³/mol. The van der Waals surface area contributed by atoms with Gasteiger partial charge in [0.1, 0.15) is 0 Å². The van der Waals surface area contributed by atoms with Crippen molar-refractivity contribution >= 4 is 5.97 Å². The number of aliphatic hydroxyl groups excluding tert-OH is 2. The van der Waals surface area contributed by atoms with E-state index < -0.39 is 5.97 Å². The Bertz CT molecular complexity index is 348.